The number of aromatic nitrogens is 1. The molecule has 4 nitrogen and oxygen atoms in total. The summed E-state index contributed by atoms with van der Waals surface area (Å²) < 4.78 is 13.5. The van der Waals surface area contributed by atoms with Crippen LogP contribution in [-0.4, -0.2) is 23.5 Å². The minimum Gasteiger partial charge on any atom is -0.385 e. The first-order valence-electron chi connectivity index (χ1n) is 7.46. The summed E-state index contributed by atoms with van der Waals surface area (Å²) in [6, 6.07) is 10.6. The average Bonchev–Trinajstić information content (AvgIpc) is 3.33. The van der Waals surface area contributed by atoms with Crippen LogP contribution in [0.25, 0.3) is 0 Å². The van der Waals surface area contributed by atoms with Crippen molar-refractivity contribution in [3.05, 3.63) is 59.7 Å². The van der Waals surface area contributed by atoms with Crippen molar-refractivity contribution < 1.29 is 9.18 Å². The minimum atomic E-state index is -0.191. The Kier molecular flexibility index (Phi) is 4.32. The van der Waals surface area contributed by atoms with Crippen molar-refractivity contribution in [1.29, 1.82) is 0 Å². The van der Waals surface area contributed by atoms with E-state index in [1.54, 1.807) is 30.5 Å². The second-order valence-electron chi connectivity index (χ2n) is 5.45. The Morgan fingerprint density at radius 1 is 1.27 bits per heavy atom. The number of carbonyl (C=O) groups excluding carboxylic acids is 1. The van der Waals surface area contributed by atoms with Gasteiger partial charge in [-0.2, -0.15) is 0 Å². The zero-order valence-electron chi connectivity index (χ0n) is 12.2. The largest absolute Gasteiger partial charge is 0.385 e. The van der Waals surface area contributed by atoms with Crippen molar-refractivity contribution in [1.82, 2.24) is 10.3 Å². The molecule has 3 rings (SSSR count). The number of pyridine rings is 1. The predicted molar refractivity (Wildman–Crippen MR) is 83.3 cm³/mol. The van der Waals surface area contributed by atoms with Gasteiger partial charge in [-0.15, -0.1) is 0 Å². The number of hydrogen-bond acceptors (Lipinski definition) is 3. The van der Waals surface area contributed by atoms with E-state index in [4.69, 9.17) is 0 Å². The van der Waals surface area contributed by atoms with Crippen LogP contribution < -0.4 is 10.6 Å². The fourth-order valence-electron chi connectivity index (χ4n) is 2.19. The van der Waals surface area contributed by atoms with Crippen molar-refractivity contribution in [3.8, 4) is 0 Å². The van der Waals surface area contributed by atoms with E-state index in [9.17, 15) is 9.18 Å². The summed E-state index contributed by atoms with van der Waals surface area (Å²) in [5, 5.41) is 6.11. The first-order valence-corrected chi connectivity index (χ1v) is 7.46. The van der Waals surface area contributed by atoms with Crippen molar-refractivity contribution in [2.45, 2.75) is 25.3 Å². The maximum absolute atomic E-state index is 13.5. The van der Waals surface area contributed by atoms with Crippen LogP contribution in [0.3, 0.4) is 0 Å². The van der Waals surface area contributed by atoms with Gasteiger partial charge < -0.3 is 10.6 Å². The number of nitrogens with one attached hydrogen (secondary N) is 2. The first-order chi connectivity index (χ1) is 10.7. The average molecular weight is 299 g/mol. The molecule has 0 aliphatic heterocycles. The Morgan fingerprint density at radius 2 is 2.09 bits per heavy atom. The molecule has 2 aromatic rings. The Labute approximate surface area is 128 Å². The molecule has 114 valence electrons. The first kappa shape index (κ1) is 14.5. The van der Waals surface area contributed by atoms with E-state index in [2.05, 4.69) is 15.6 Å². The van der Waals surface area contributed by atoms with Gasteiger partial charge in [0, 0.05) is 24.5 Å². The second kappa shape index (κ2) is 6.56. The molecule has 0 saturated heterocycles. The highest BCUT2D eigenvalue weighted by molar-refractivity contribution is 5.93. The van der Waals surface area contributed by atoms with Gasteiger partial charge in [0.2, 0.25) is 0 Å². The molecule has 1 aromatic carbocycles. The number of rotatable bonds is 6. The molecule has 0 unspecified atom stereocenters. The molecule has 0 radical (unpaired) electrons. The fourth-order valence-corrected chi connectivity index (χ4v) is 2.19. The normalized spacial score (nSPS) is 13.7. The number of amides is 1. The molecule has 1 saturated carbocycles. The molecule has 1 aliphatic carbocycles. The summed E-state index contributed by atoms with van der Waals surface area (Å²) in [7, 11) is 0. The summed E-state index contributed by atoms with van der Waals surface area (Å²) in [4.78, 5) is 16.0. The van der Waals surface area contributed by atoms with Gasteiger partial charge in [0.1, 0.15) is 11.5 Å². The van der Waals surface area contributed by atoms with E-state index < -0.39 is 0 Å². The number of anilines is 1. The maximum Gasteiger partial charge on any atom is 0.270 e. The quantitative estimate of drug-likeness (QED) is 0.862. The third-order valence-corrected chi connectivity index (χ3v) is 3.59. The third-order valence-electron chi connectivity index (χ3n) is 3.59. The van der Waals surface area contributed by atoms with Crippen LogP contribution in [0.15, 0.2) is 42.6 Å². The Hall–Kier alpha value is -2.43. The van der Waals surface area contributed by atoms with E-state index in [0.717, 1.165) is 18.5 Å². The van der Waals surface area contributed by atoms with E-state index in [1.807, 2.05) is 6.07 Å². The van der Waals surface area contributed by atoms with Gasteiger partial charge in [0.25, 0.3) is 5.91 Å². The highest BCUT2D eigenvalue weighted by Crippen LogP contribution is 2.19. The Bertz CT molecular complexity index is 670. The number of halogens is 1. The summed E-state index contributed by atoms with van der Waals surface area (Å²) in [5.74, 6) is -0.330. The molecule has 1 heterocycles. The topological polar surface area (TPSA) is 54.0 Å². The van der Waals surface area contributed by atoms with Crippen LogP contribution in [0.2, 0.25) is 0 Å². The smallest absolute Gasteiger partial charge is 0.270 e. The van der Waals surface area contributed by atoms with Gasteiger partial charge in [-0.05, 0) is 43.0 Å². The van der Waals surface area contributed by atoms with Gasteiger partial charge in [-0.3, -0.25) is 9.78 Å². The molecule has 1 aromatic heterocycles. The summed E-state index contributed by atoms with van der Waals surface area (Å²) in [6.45, 7) is 0.592. The lowest BCUT2D eigenvalue weighted by molar-refractivity contribution is 0.0946. The fraction of sp³-hybridized carbons (Fsp3) is 0.294. The molecule has 1 fully saturated rings. The summed E-state index contributed by atoms with van der Waals surface area (Å²) in [5.41, 5.74) is 1.89. The lowest BCUT2D eigenvalue weighted by Crippen LogP contribution is -2.26. The summed E-state index contributed by atoms with van der Waals surface area (Å²) in [6.07, 6.45) is 4.28. The van der Waals surface area contributed by atoms with Gasteiger partial charge in [0.05, 0.1) is 0 Å². The Balaban J connectivity index is 1.56. The van der Waals surface area contributed by atoms with Crippen LogP contribution in [0.4, 0.5) is 10.1 Å². The lowest BCUT2D eigenvalue weighted by atomic mass is 10.1. The summed E-state index contributed by atoms with van der Waals surface area (Å²) >= 11 is 0. The van der Waals surface area contributed by atoms with Crippen LogP contribution >= 0.6 is 0 Å². The van der Waals surface area contributed by atoms with Gasteiger partial charge in [-0.25, -0.2) is 4.39 Å². The molecular formula is C17H18FN3O. The number of hydrogen-bond donors (Lipinski definition) is 2. The number of nitrogens with zero attached hydrogens (tertiary/aromatic N) is 1. The molecule has 1 amide bonds. The predicted octanol–water partition coefficient (Wildman–Crippen LogP) is 2.77. The molecule has 22 heavy (non-hydrogen) atoms. The monoisotopic (exact) mass is 299 g/mol. The lowest BCUT2D eigenvalue weighted by Gasteiger charge is -2.08. The molecule has 0 spiro atoms. The van der Waals surface area contributed by atoms with E-state index >= 15 is 0 Å². The molecule has 1 aliphatic rings. The second-order valence-corrected chi connectivity index (χ2v) is 5.45. The highest BCUT2D eigenvalue weighted by Gasteiger charge is 2.24. The third kappa shape index (κ3) is 3.81. The SMILES string of the molecule is O=C(NC1CC1)c1cc(NCCc2ccccc2F)ccn1. The van der Waals surface area contributed by atoms with Gasteiger partial charge >= 0.3 is 0 Å². The molecule has 5 heteroatoms. The highest BCUT2D eigenvalue weighted by atomic mass is 19.1. The van der Waals surface area contributed by atoms with Crippen molar-refractivity contribution in [3.63, 3.8) is 0 Å². The Morgan fingerprint density at radius 3 is 2.86 bits per heavy atom. The zero-order chi connectivity index (χ0) is 15.4. The van der Waals surface area contributed by atoms with Crippen LogP contribution in [0.5, 0.6) is 0 Å². The maximum atomic E-state index is 13.5. The zero-order valence-corrected chi connectivity index (χ0v) is 12.2. The van der Waals surface area contributed by atoms with Crippen molar-refractivity contribution >= 4 is 11.6 Å². The van der Waals surface area contributed by atoms with Crippen LogP contribution in [0.1, 0.15) is 28.9 Å². The van der Waals surface area contributed by atoms with Gasteiger partial charge in [0.15, 0.2) is 0 Å². The van der Waals surface area contributed by atoms with Gasteiger partial charge in [-0.1, -0.05) is 18.2 Å². The standard InChI is InChI=1S/C17H18FN3O/c18-15-4-2-1-3-12(15)7-9-19-14-8-10-20-16(11-14)17(22)21-13-5-6-13/h1-4,8,10-11,13H,5-7,9H2,(H,19,20)(H,21,22). The van der Waals surface area contributed by atoms with Crippen LogP contribution in [0, 0.1) is 5.82 Å². The van der Waals surface area contributed by atoms with Crippen LogP contribution in [-0.2, 0) is 6.42 Å². The molecule has 2 N–H and O–H groups in total. The van der Waals surface area contributed by atoms with Crippen molar-refractivity contribution in [2.75, 3.05) is 11.9 Å². The molecule has 0 atom stereocenters. The van der Waals surface area contributed by atoms with Crippen molar-refractivity contribution in [2.24, 2.45) is 0 Å². The molecule has 0 bridgehead atoms. The van der Waals surface area contributed by atoms with E-state index in [-0.39, 0.29) is 11.7 Å². The van der Waals surface area contributed by atoms with E-state index in [0.29, 0.717) is 30.3 Å². The van der Waals surface area contributed by atoms with E-state index in [1.165, 1.54) is 6.07 Å². The number of carbonyl (C=O) groups is 1. The minimum absolute atomic E-state index is 0.139. The number of benzene rings is 1. The molecular weight excluding hydrogens is 281 g/mol.